The zero-order chi connectivity index (χ0) is 12.0. The molecule has 0 N–H and O–H groups in total. The molecule has 17 heavy (non-hydrogen) atoms. The van der Waals surface area contributed by atoms with E-state index in [0.29, 0.717) is 6.54 Å². The summed E-state index contributed by atoms with van der Waals surface area (Å²) in [6, 6.07) is 0. The maximum Gasteiger partial charge on any atom is 0.278 e. The number of hydrogen-bond donors (Lipinski definition) is 0. The first-order chi connectivity index (χ1) is 8.20. The van der Waals surface area contributed by atoms with Crippen molar-refractivity contribution < 1.29 is 0 Å². The molecule has 0 unspecified atom stereocenters. The molecule has 2 heterocycles. The van der Waals surface area contributed by atoms with Crippen LogP contribution in [0.1, 0.15) is 30.7 Å². The van der Waals surface area contributed by atoms with Crippen molar-refractivity contribution in [2.75, 3.05) is 0 Å². The number of fused-ring (bicyclic) bond motifs is 3. The third-order valence-corrected chi connectivity index (χ3v) is 4.62. The van der Waals surface area contributed by atoms with Crippen molar-refractivity contribution in [3.63, 3.8) is 0 Å². The fraction of sp³-hybridized carbons (Fsp3) is 0.583. The molecular weight excluding hydrogens is 234 g/mol. The average molecular weight is 249 g/mol. The largest absolute Gasteiger partial charge is 0.278 e. The van der Waals surface area contributed by atoms with E-state index < -0.39 is 0 Å². The van der Waals surface area contributed by atoms with E-state index in [9.17, 15) is 4.79 Å². The van der Waals surface area contributed by atoms with Crippen molar-refractivity contribution in [2.45, 2.75) is 39.7 Å². The van der Waals surface area contributed by atoms with Gasteiger partial charge in [0.25, 0.3) is 5.56 Å². The fourth-order valence-corrected chi connectivity index (χ4v) is 3.82. The molecule has 1 aliphatic rings. The Bertz CT molecular complexity index is 628. The highest BCUT2D eigenvalue weighted by Crippen LogP contribution is 2.35. The van der Waals surface area contributed by atoms with Crippen LogP contribution in [-0.2, 0) is 19.4 Å². The van der Waals surface area contributed by atoms with Gasteiger partial charge in [0.1, 0.15) is 0 Å². The molecule has 3 rings (SSSR count). The van der Waals surface area contributed by atoms with Crippen LogP contribution in [0.25, 0.3) is 10.2 Å². The van der Waals surface area contributed by atoms with E-state index in [2.05, 4.69) is 17.2 Å². The van der Waals surface area contributed by atoms with E-state index >= 15 is 0 Å². The minimum Gasteiger partial charge on any atom is -0.267 e. The van der Waals surface area contributed by atoms with Crippen LogP contribution in [0.15, 0.2) is 4.79 Å². The summed E-state index contributed by atoms with van der Waals surface area (Å²) >= 11 is 1.65. The Morgan fingerprint density at radius 3 is 3.12 bits per heavy atom. The van der Waals surface area contributed by atoms with Gasteiger partial charge in [-0.2, -0.15) is 0 Å². The van der Waals surface area contributed by atoms with Gasteiger partial charge in [0, 0.05) is 11.4 Å². The first-order valence-corrected chi connectivity index (χ1v) is 6.90. The van der Waals surface area contributed by atoms with Crippen LogP contribution in [0.3, 0.4) is 0 Å². The highest BCUT2D eigenvalue weighted by molar-refractivity contribution is 7.18. The van der Waals surface area contributed by atoms with Gasteiger partial charge >= 0.3 is 0 Å². The lowest BCUT2D eigenvalue weighted by Crippen LogP contribution is -2.23. The summed E-state index contributed by atoms with van der Waals surface area (Å²) in [5, 5.41) is 8.95. The fourth-order valence-electron chi connectivity index (χ4n) is 2.50. The smallest absolute Gasteiger partial charge is 0.267 e. The molecule has 0 aliphatic heterocycles. The number of hydrogen-bond acceptors (Lipinski definition) is 4. The summed E-state index contributed by atoms with van der Waals surface area (Å²) in [4.78, 5) is 14.4. The minimum atomic E-state index is 0.0320. The van der Waals surface area contributed by atoms with Gasteiger partial charge < -0.3 is 0 Å². The molecule has 90 valence electrons. The molecular formula is C12H15N3OS. The van der Waals surface area contributed by atoms with Crippen molar-refractivity contribution in [1.29, 1.82) is 0 Å². The van der Waals surface area contributed by atoms with Crippen LogP contribution < -0.4 is 5.56 Å². The second-order valence-corrected chi connectivity index (χ2v) is 5.83. The topological polar surface area (TPSA) is 47.8 Å². The lowest BCUT2D eigenvalue weighted by atomic mass is 9.89. The molecule has 0 spiro atoms. The van der Waals surface area contributed by atoms with E-state index in [0.717, 1.165) is 29.0 Å². The summed E-state index contributed by atoms with van der Waals surface area (Å²) in [5.74, 6) is 0.719. The minimum absolute atomic E-state index is 0.0320. The number of rotatable bonds is 1. The van der Waals surface area contributed by atoms with Crippen LogP contribution in [0.2, 0.25) is 0 Å². The average Bonchev–Trinajstić information content (AvgIpc) is 2.67. The molecule has 0 aromatic carbocycles. The van der Waals surface area contributed by atoms with Crippen LogP contribution in [0.4, 0.5) is 0 Å². The summed E-state index contributed by atoms with van der Waals surface area (Å²) in [7, 11) is 0. The van der Waals surface area contributed by atoms with Gasteiger partial charge in [-0.25, -0.2) is 4.68 Å². The van der Waals surface area contributed by atoms with Gasteiger partial charge in [-0.3, -0.25) is 4.79 Å². The summed E-state index contributed by atoms with van der Waals surface area (Å²) in [6.07, 6.45) is 3.27. The van der Waals surface area contributed by atoms with Gasteiger partial charge in [0.2, 0.25) is 0 Å². The molecule has 2 aromatic rings. The van der Waals surface area contributed by atoms with Crippen molar-refractivity contribution >= 4 is 21.6 Å². The number of nitrogens with zero attached hydrogens (tertiary/aromatic N) is 3. The van der Waals surface area contributed by atoms with Gasteiger partial charge in [0.15, 0.2) is 4.83 Å². The Morgan fingerprint density at radius 1 is 1.53 bits per heavy atom. The number of aryl methyl sites for hydroxylation is 2. The van der Waals surface area contributed by atoms with Gasteiger partial charge in [-0.1, -0.05) is 12.1 Å². The zero-order valence-electron chi connectivity index (χ0n) is 10.1. The molecule has 2 aromatic heterocycles. The molecule has 4 nitrogen and oxygen atoms in total. The van der Waals surface area contributed by atoms with E-state index in [1.54, 1.807) is 11.3 Å². The van der Waals surface area contributed by atoms with Crippen LogP contribution in [0.5, 0.6) is 0 Å². The molecule has 0 saturated carbocycles. The maximum absolute atomic E-state index is 12.2. The number of aromatic nitrogens is 3. The first kappa shape index (κ1) is 10.9. The maximum atomic E-state index is 12.2. The summed E-state index contributed by atoms with van der Waals surface area (Å²) in [5.41, 5.74) is 1.27. The van der Waals surface area contributed by atoms with Gasteiger partial charge in [-0.05, 0) is 37.7 Å². The molecule has 0 radical (unpaired) electrons. The van der Waals surface area contributed by atoms with Crippen LogP contribution in [-0.4, -0.2) is 15.0 Å². The predicted octanol–water partition coefficient (Wildman–Crippen LogP) is 2.00. The van der Waals surface area contributed by atoms with E-state index in [1.165, 1.54) is 21.5 Å². The van der Waals surface area contributed by atoms with Crippen LogP contribution >= 0.6 is 11.3 Å². The van der Waals surface area contributed by atoms with Crippen molar-refractivity contribution in [3.05, 3.63) is 20.8 Å². The third kappa shape index (κ3) is 1.60. The molecule has 0 fully saturated rings. The monoisotopic (exact) mass is 249 g/mol. The SMILES string of the molecule is CCn1nnc2sc3c(c2c1=O)CC[C@@H](C)C3. The lowest BCUT2D eigenvalue weighted by molar-refractivity contribution is 0.508. The van der Waals surface area contributed by atoms with Crippen molar-refractivity contribution in [2.24, 2.45) is 5.92 Å². The Kier molecular flexibility index (Phi) is 2.50. The second-order valence-electron chi connectivity index (χ2n) is 4.74. The summed E-state index contributed by atoms with van der Waals surface area (Å²) in [6.45, 7) is 4.77. The lowest BCUT2D eigenvalue weighted by Gasteiger charge is -2.17. The Morgan fingerprint density at radius 2 is 2.35 bits per heavy atom. The normalized spacial score (nSPS) is 19.5. The molecule has 5 heteroatoms. The highest BCUT2D eigenvalue weighted by atomic mass is 32.1. The molecule has 0 bridgehead atoms. The predicted molar refractivity (Wildman–Crippen MR) is 68.5 cm³/mol. The van der Waals surface area contributed by atoms with Gasteiger partial charge in [-0.15, -0.1) is 16.4 Å². The quantitative estimate of drug-likeness (QED) is 0.776. The molecule has 1 aliphatic carbocycles. The molecule has 1 atom stereocenters. The molecule has 0 amide bonds. The molecule has 0 saturated heterocycles. The standard InChI is InChI=1S/C12H15N3OS/c1-3-15-12(16)10-8-5-4-7(2)6-9(8)17-11(10)13-14-15/h7H,3-6H2,1-2H3/t7-/m1/s1. The number of thiophene rings is 1. The Balaban J connectivity index is 2.30. The van der Waals surface area contributed by atoms with Crippen molar-refractivity contribution in [1.82, 2.24) is 15.0 Å². The zero-order valence-corrected chi connectivity index (χ0v) is 10.9. The van der Waals surface area contributed by atoms with Gasteiger partial charge in [0.05, 0.1) is 5.39 Å². The first-order valence-electron chi connectivity index (χ1n) is 6.08. The van der Waals surface area contributed by atoms with E-state index in [1.807, 2.05) is 6.92 Å². The van der Waals surface area contributed by atoms with E-state index in [4.69, 9.17) is 0 Å². The highest BCUT2D eigenvalue weighted by Gasteiger charge is 2.23. The van der Waals surface area contributed by atoms with Crippen molar-refractivity contribution in [3.8, 4) is 0 Å². The Labute approximate surface area is 103 Å². The summed E-state index contributed by atoms with van der Waals surface area (Å²) < 4.78 is 1.45. The second kappa shape index (κ2) is 3.91. The van der Waals surface area contributed by atoms with E-state index in [-0.39, 0.29) is 5.56 Å². The Hall–Kier alpha value is -1.23. The van der Waals surface area contributed by atoms with Crippen LogP contribution in [0, 0.1) is 5.92 Å². The third-order valence-electron chi connectivity index (χ3n) is 3.48.